The standard InChI is InChI=1S/C12H19NO4/c1-4-6-7-10(14)11-9(3)17-8-13(11)12(15)16-5-2/h4,9,11H,1,5-8H2,2-3H3/t9-,11+/m1/s1. The summed E-state index contributed by atoms with van der Waals surface area (Å²) in [5.74, 6) is -0.0112. The fraction of sp³-hybridized carbons (Fsp3) is 0.667. The highest BCUT2D eigenvalue weighted by Gasteiger charge is 2.40. The molecule has 96 valence electrons. The van der Waals surface area contributed by atoms with Crippen LogP contribution < -0.4 is 0 Å². The Balaban J connectivity index is 2.67. The number of rotatable bonds is 5. The van der Waals surface area contributed by atoms with Crippen LogP contribution in [-0.2, 0) is 14.3 Å². The van der Waals surface area contributed by atoms with Gasteiger partial charge in [-0.25, -0.2) is 4.79 Å². The van der Waals surface area contributed by atoms with Gasteiger partial charge in [0, 0.05) is 6.42 Å². The van der Waals surface area contributed by atoms with Gasteiger partial charge in [0.1, 0.15) is 12.8 Å². The van der Waals surface area contributed by atoms with Crippen molar-refractivity contribution in [3.63, 3.8) is 0 Å². The molecule has 0 spiro atoms. The molecule has 0 aliphatic carbocycles. The number of ether oxygens (including phenoxy) is 2. The monoisotopic (exact) mass is 241 g/mol. The molecule has 17 heavy (non-hydrogen) atoms. The molecule has 1 fully saturated rings. The minimum atomic E-state index is -0.533. The molecule has 1 heterocycles. The van der Waals surface area contributed by atoms with Crippen molar-refractivity contribution in [2.75, 3.05) is 13.3 Å². The fourth-order valence-corrected chi connectivity index (χ4v) is 1.82. The van der Waals surface area contributed by atoms with Crippen LogP contribution in [0.1, 0.15) is 26.7 Å². The third-order valence-electron chi connectivity index (χ3n) is 2.68. The average molecular weight is 241 g/mol. The van der Waals surface area contributed by atoms with Gasteiger partial charge >= 0.3 is 6.09 Å². The number of ketones is 1. The highest BCUT2D eigenvalue weighted by molar-refractivity contribution is 5.88. The summed E-state index contributed by atoms with van der Waals surface area (Å²) in [5, 5.41) is 0. The van der Waals surface area contributed by atoms with Crippen LogP contribution in [-0.4, -0.2) is 42.3 Å². The van der Waals surface area contributed by atoms with E-state index in [4.69, 9.17) is 9.47 Å². The smallest absolute Gasteiger partial charge is 0.412 e. The Kier molecular flexibility index (Phi) is 5.15. The number of nitrogens with zero attached hydrogens (tertiary/aromatic N) is 1. The molecule has 5 nitrogen and oxygen atoms in total. The lowest BCUT2D eigenvalue weighted by Crippen LogP contribution is -2.44. The third kappa shape index (κ3) is 3.30. The molecule has 1 saturated heterocycles. The van der Waals surface area contributed by atoms with Crippen LogP contribution in [0, 0.1) is 0 Å². The van der Waals surface area contributed by atoms with Gasteiger partial charge in [-0.1, -0.05) is 6.08 Å². The van der Waals surface area contributed by atoms with Gasteiger partial charge in [0.15, 0.2) is 5.78 Å². The van der Waals surface area contributed by atoms with E-state index in [0.717, 1.165) is 0 Å². The second kappa shape index (κ2) is 6.39. The molecule has 1 rings (SSSR count). The van der Waals surface area contributed by atoms with E-state index < -0.39 is 12.1 Å². The van der Waals surface area contributed by atoms with Crippen molar-refractivity contribution < 1.29 is 19.1 Å². The summed E-state index contributed by atoms with van der Waals surface area (Å²) in [6, 6.07) is -0.533. The molecule has 2 atom stereocenters. The topological polar surface area (TPSA) is 55.8 Å². The summed E-state index contributed by atoms with van der Waals surface area (Å²) in [4.78, 5) is 24.9. The van der Waals surface area contributed by atoms with Crippen LogP contribution in [0.3, 0.4) is 0 Å². The van der Waals surface area contributed by atoms with Gasteiger partial charge < -0.3 is 9.47 Å². The quantitative estimate of drug-likeness (QED) is 0.688. The van der Waals surface area contributed by atoms with E-state index >= 15 is 0 Å². The summed E-state index contributed by atoms with van der Waals surface area (Å²) in [5.41, 5.74) is 0. The fourth-order valence-electron chi connectivity index (χ4n) is 1.82. The molecule has 0 aromatic rings. The molecule has 5 heteroatoms. The van der Waals surface area contributed by atoms with Gasteiger partial charge in [0.05, 0.1) is 12.7 Å². The summed E-state index contributed by atoms with van der Waals surface area (Å²) in [6.07, 6.45) is 1.90. The van der Waals surface area contributed by atoms with Crippen LogP contribution in [0.2, 0.25) is 0 Å². The lowest BCUT2D eigenvalue weighted by atomic mass is 10.0. The van der Waals surface area contributed by atoms with Crippen LogP contribution in [0.5, 0.6) is 0 Å². The largest absolute Gasteiger partial charge is 0.450 e. The molecule has 0 aromatic carbocycles. The van der Waals surface area contributed by atoms with Crippen molar-refractivity contribution in [2.45, 2.75) is 38.8 Å². The minimum Gasteiger partial charge on any atom is -0.450 e. The van der Waals surface area contributed by atoms with Gasteiger partial charge in [0.25, 0.3) is 0 Å². The second-order valence-electron chi connectivity index (χ2n) is 3.91. The Morgan fingerprint density at radius 3 is 2.88 bits per heavy atom. The number of hydrogen-bond donors (Lipinski definition) is 0. The number of amides is 1. The van der Waals surface area contributed by atoms with E-state index in [9.17, 15) is 9.59 Å². The third-order valence-corrected chi connectivity index (χ3v) is 2.68. The average Bonchev–Trinajstić information content (AvgIpc) is 2.68. The minimum absolute atomic E-state index is 0.0112. The molecule has 1 amide bonds. The van der Waals surface area contributed by atoms with Crippen LogP contribution in [0.4, 0.5) is 4.79 Å². The zero-order chi connectivity index (χ0) is 12.8. The maximum Gasteiger partial charge on any atom is 0.412 e. The van der Waals surface area contributed by atoms with Crippen molar-refractivity contribution in [2.24, 2.45) is 0 Å². The van der Waals surface area contributed by atoms with Gasteiger partial charge in [-0.15, -0.1) is 6.58 Å². The van der Waals surface area contributed by atoms with Gasteiger partial charge in [-0.2, -0.15) is 0 Å². The Morgan fingerprint density at radius 1 is 1.59 bits per heavy atom. The van der Waals surface area contributed by atoms with E-state index in [-0.39, 0.29) is 25.2 Å². The van der Waals surface area contributed by atoms with Crippen molar-refractivity contribution in [3.8, 4) is 0 Å². The van der Waals surface area contributed by atoms with E-state index in [0.29, 0.717) is 12.8 Å². The van der Waals surface area contributed by atoms with Crippen molar-refractivity contribution >= 4 is 11.9 Å². The van der Waals surface area contributed by atoms with Gasteiger partial charge in [-0.05, 0) is 20.3 Å². The maximum atomic E-state index is 12.0. The maximum absolute atomic E-state index is 12.0. The first-order valence-electron chi connectivity index (χ1n) is 5.80. The number of hydrogen-bond acceptors (Lipinski definition) is 4. The molecule has 0 saturated carbocycles. The zero-order valence-corrected chi connectivity index (χ0v) is 10.3. The van der Waals surface area contributed by atoms with E-state index in [2.05, 4.69) is 6.58 Å². The second-order valence-corrected chi connectivity index (χ2v) is 3.91. The molecule has 1 aliphatic rings. The van der Waals surface area contributed by atoms with Crippen molar-refractivity contribution in [3.05, 3.63) is 12.7 Å². The molecular weight excluding hydrogens is 222 g/mol. The Bertz CT molecular complexity index is 303. The van der Waals surface area contributed by atoms with Crippen molar-refractivity contribution in [1.82, 2.24) is 4.90 Å². The normalized spacial score (nSPS) is 23.5. The summed E-state index contributed by atoms with van der Waals surface area (Å²) in [7, 11) is 0. The molecule has 0 N–H and O–H groups in total. The number of Topliss-reactive ketones (excluding diaryl/α,β-unsaturated/α-hetero) is 1. The number of allylic oxidation sites excluding steroid dienone is 1. The molecule has 0 unspecified atom stereocenters. The van der Waals surface area contributed by atoms with E-state index in [1.807, 2.05) is 0 Å². The van der Waals surface area contributed by atoms with Crippen molar-refractivity contribution in [1.29, 1.82) is 0 Å². The molecule has 0 aromatic heterocycles. The van der Waals surface area contributed by atoms with Crippen LogP contribution in [0.25, 0.3) is 0 Å². The first-order chi connectivity index (χ1) is 8.11. The summed E-state index contributed by atoms with van der Waals surface area (Å²) < 4.78 is 10.2. The Morgan fingerprint density at radius 2 is 2.29 bits per heavy atom. The Labute approximate surface area is 101 Å². The first kappa shape index (κ1) is 13.7. The summed E-state index contributed by atoms with van der Waals surface area (Å²) >= 11 is 0. The molecular formula is C12H19NO4. The predicted molar refractivity (Wildman–Crippen MR) is 62.5 cm³/mol. The molecule has 0 bridgehead atoms. The molecule has 1 aliphatic heterocycles. The highest BCUT2D eigenvalue weighted by Crippen LogP contribution is 2.20. The van der Waals surface area contributed by atoms with Crippen LogP contribution >= 0.6 is 0 Å². The number of carbonyl (C=O) groups is 2. The lowest BCUT2D eigenvalue weighted by Gasteiger charge is -2.22. The zero-order valence-electron chi connectivity index (χ0n) is 10.3. The predicted octanol–water partition coefficient (Wildman–Crippen LogP) is 1.73. The summed E-state index contributed by atoms with van der Waals surface area (Å²) in [6.45, 7) is 7.49. The van der Waals surface area contributed by atoms with E-state index in [1.54, 1.807) is 19.9 Å². The van der Waals surface area contributed by atoms with Gasteiger partial charge in [-0.3, -0.25) is 9.69 Å². The first-order valence-corrected chi connectivity index (χ1v) is 5.80. The van der Waals surface area contributed by atoms with Crippen LogP contribution in [0.15, 0.2) is 12.7 Å². The lowest BCUT2D eigenvalue weighted by molar-refractivity contribution is -0.123. The van der Waals surface area contributed by atoms with Gasteiger partial charge in [0.2, 0.25) is 0 Å². The SMILES string of the molecule is C=CCCC(=O)[C@@H]1[C@@H](C)OCN1C(=O)OCC. The molecule has 0 radical (unpaired) electrons. The number of carbonyl (C=O) groups excluding carboxylic acids is 2. The van der Waals surface area contributed by atoms with E-state index in [1.165, 1.54) is 4.90 Å². The highest BCUT2D eigenvalue weighted by atomic mass is 16.6. The Hall–Kier alpha value is -1.36.